The van der Waals surface area contributed by atoms with Gasteiger partial charge in [-0.2, -0.15) is 0 Å². The molecule has 170 valence electrons. The van der Waals surface area contributed by atoms with Crippen molar-refractivity contribution in [3.63, 3.8) is 0 Å². The number of hydrogen-bond donors (Lipinski definition) is 4. The van der Waals surface area contributed by atoms with E-state index in [2.05, 4.69) is 15.6 Å². The lowest BCUT2D eigenvalue weighted by Crippen LogP contribution is -2.44. The number of aliphatic hydroxyl groups is 1. The standard InChI is InChI=1S/C22H17ClF2N4O4/c23-13-2-3-14-12(10-27-17(14)9-13)8-18-21(32)29(22(33)28-18)19(20(31)26-5-6-30)11-1-4-15(24)16(25)7-11/h1-4,7-10,19,27,30H,5-6H2,(H,26,31)(H,28,33)/b18-8-. The lowest BCUT2D eigenvalue weighted by atomic mass is 10.0. The normalized spacial score (nSPS) is 15.9. The number of carbonyl (C=O) groups excluding carboxylic acids is 3. The highest BCUT2D eigenvalue weighted by molar-refractivity contribution is 6.31. The highest BCUT2D eigenvalue weighted by Crippen LogP contribution is 2.29. The highest BCUT2D eigenvalue weighted by Gasteiger charge is 2.43. The molecule has 0 saturated carbocycles. The predicted molar refractivity (Wildman–Crippen MR) is 116 cm³/mol. The van der Waals surface area contributed by atoms with Gasteiger partial charge >= 0.3 is 6.03 Å². The number of benzene rings is 2. The van der Waals surface area contributed by atoms with Gasteiger partial charge in [-0.25, -0.2) is 18.5 Å². The van der Waals surface area contributed by atoms with Crippen LogP contribution >= 0.6 is 11.6 Å². The fourth-order valence-electron chi connectivity index (χ4n) is 3.55. The maximum atomic E-state index is 13.9. The van der Waals surface area contributed by atoms with Crippen molar-refractivity contribution in [1.82, 2.24) is 20.5 Å². The second kappa shape index (κ2) is 9.00. The number of rotatable bonds is 6. The zero-order chi connectivity index (χ0) is 23.7. The zero-order valence-electron chi connectivity index (χ0n) is 16.9. The summed E-state index contributed by atoms with van der Waals surface area (Å²) in [4.78, 5) is 42.2. The number of H-pyrrole nitrogens is 1. The Bertz CT molecular complexity index is 1310. The van der Waals surface area contributed by atoms with E-state index in [1.807, 2.05) is 0 Å². The lowest BCUT2D eigenvalue weighted by Gasteiger charge is -2.24. The molecule has 4 rings (SSSR count). The van der Waals surface area contributed by atoms with Gasteiger partial charge in [0, 0.05) is 34.2 Å². The molecule has 1 saturated heterocycles. The van der Waals surface area contributed by atoms with E-state index in [1.165, 1.54) is 6.08 Å². The molecule has 1 atom stereocenters. The second-order valence-corrected chi connectivity index (χ2v) is 7.62. The number of aromatic amines is 1. The van der Waals surface area contributed by atoms with Crippen molar-refractivity contribution < 1.29 is 28.3 Å². The lowest BCUT2D eigenvalue weighted by molar-refractivity contribution is -0.133. The molecule has 4 amide bonds. The Morgan fingerprint density at radius 3 is 2.70 bits per heavy atom. The number of urea groups is 1. The van der Waals surface area contributed by atoms with E-state index >= 15 is 0 Å². The average Bonchev–Trinajstić information content (AvgIpc) is 3.30. The molecule has 0 spiro atoms. The molecule has 1 aromatic heterocycles. The summed E-state index contributed by atoms with van der Waals surface area (Å²) in [5.41, 5.74) is 1.07. The van der Waals surface area contributed by atoms with Gasteiger partial charge in [0.05, 0.1) is 6.61 Å². The first-order valence-corrected chi connectivity index (χ1v) is 10.1. The van der Waals surface area contributed by atoms with Gasteiger partial charge in [-0.15, -0.1) is 0 Å². The van der Waals surface area contributed by atoms with Gasteiger partial charge in [0.15, 0.2) is 11.6 Å². The number of carbonyl (C=O) groups is 3. The van der Waals surface area contributed by atoms with Crippen molar-refractivity contribution >= 4 is 46.4 Å². The highest BCUT2D eigenvalue weighted by atomic mass is 35.5. The van der Waals surface area contributed by atoms with Gasteiger partial charge in [-0.05, 0) is 35.9 Å². The first kappa shape index (κ1) is 22.4. The van der Waals surface area contributed by atoms with Crippen molar-refractivity contribution in [2.45, 2.75) is 6.04 Å². The summed E-state index contributed by atoms with van der Waals surface area (Å²) in [7, 11) is 0. The smallest absolute Gasteiger partial charge is 0.330 e. The fraction of sp³-hybridized carbons (Fsp3) is 0.136. The largest absolute Gasteiger partial charge is 0.395 e. The number of imide groups is 1. The van der Waals surface area contributed by atoms with Gasteiger partial charge in [-0.1, -0.05) is 23.7 Å². The van der Waals surface area contributed by atoms with Crippen LogP contribution in [0.4, 0.5) is 13.6 Å². The number of nitrogens with zero attached hydrogens (tertiary/aromatic N) is 1. The molecule has 33 heavy (non-hydrogen) atoms. The third kappa shape index (κ3) is 4.30. The number of aliphatic hydroxyl groups excluding tert-OH is 1. The van der Waals surface area contributed by atoms with Crippen molar-refractivity contribution in [3.8, 4) is 0 Å². The van der Waals surface area contributed by atoms with Crippen LogP contribution in [0.2, 0.25) is 5.02 Å². The Morgan fingerprint density at radius 1 is 1.18 bits per heavy atom. The van der Waals surface area contributed by atoms with Crippen LogP contribution in [0.25, 0.3) is 17.0 Å². The topological polar surface area (TPSA) is 115 Å². The van der Waals surface area contributed by atoms with Crippen LogP contribution in [0.3, 0.4) is 0 Å². The molecule has 2 heterocycles. The SMILES string of the molecule is O=C(NCCO)C(c1ccc(F)c(F)c1)N1C(=O)N/C(=C\c2c[nH]c3cc(Cl)ccc23)C1=O. The summed E-state index contributed by atoms with van der Waals surface area (Å²) in [5, 5.41) is 15.0. The molecule has 0 aliphatic carbocycles. The van der Waals surface area contributed by atoms with Crippen molar-refractivity contribution in [2.24, 2.45) is 0 Å². The van der Waals surface area contributed by atoms with Gasteiger partial charge in [0.25, 0.3) is 5.91 Å². The molecule has 11 heteroatoms. The van der Waals surface area contributed by atoms with E-state index in [0.717, 1.165) is 23.6 Å². The summed E-state index contributed by atoms with van der Waals surface area (Å²) >= 11 is 5.98. The molecule has 1 unspecified atom stereocenters. The molecular formula is C22H17ClF2N4O4. The summed E-state index contributed by atoms with van der Waals surface area (Å²) in [6.07, 6.45) is 3.05. The van der Waals surface area contributed by atoms with Gasteiger partial charge in [0.1, 0.15) is 11.7 Å². The Hall–Kier alpha value is -3.76. The Balaban J connectivity index is 1.72. The van der Waals surface area contributed by atoms with E-state index in [-0.39, 0.29) is 17.8 Å². The molecule has 1 aliphatic rings. The summed E-state index contributed by atoms with van der Waals surface area (Å²) < 4.78 is 27.3. The third-order valence-corrected chi connectivity index (χ3v) is 5.30. The van der Waals surface area contributed by atoms with Crippen LogP contribution < -0.4 is 10.6 Å². The molecule has 4 N–H and O–H groups in total. The molecule has 3 aromatic rings. The number of hydrogen-bond acceptors (Lipinski definition) is 4. The molecule has 2 aromatic carbocycles. The zero-order valence-corrected chi connectivity index (χ0v) is 17.6. The van der Waals surface area contributed by atoms with E-state index in [0.29, 0.717) is 21.0 Å². The number of nitrogens with one attached hydrogen (secondary N) is 3. The first-order valence-electron chi connectivity index (χ1n) is 9.76. The van der Waals surface area contributed by atoms with E-state index in [4.69, 9.17) is 16.7 Å². The van der Waals surface area contributed by atoms with Gasteiger partial charge in [0.2, 0.25) is 5.91 Å². The van der Waals surface area contributed by atoms with Crippen LogP contribution in [0, 0.1) is 11.6 Å². The average molecular weight is 475 g/mol. The predicted octanol–water partition coefficient (Wildman–Crippen LogP) is 2.84. The van der Waals surface area contributed by atoms with E-state index in [9.17, 15) is 23.2 Å². The second-order valence-electron chi connectivity index (χ2n) is 7.19. The molecular weight excluding hydrogens is 458 g/mol. The van der Waals surface area contributed by atoms with Crippen LogP contribution in [0.5, 0.6) is 0 Å². The van der Waals surface area contributed by atoms with E-state index < -0.39 is 42.1 Å². The number of fused-ring (bicyclic) bond motifs is 1. The molecule has 0 bridgehead atoms. The first-order chi connectivity index (χ1) is 15.8. The molecule has 8 nitrogen and oxygen atoms in total. The van der Waals surface area contributed by atoms with Crippen molar-refractivity contribution in [1.29, 1.82) is 0 Å². The van der Waals surface area contributed by atoms with Crippen LogP contribution in [0.1, 0.15) is 17.2 Å². The minimum Gasteiger partial charge on any atom is -0.395 e. The van der Waals surface area contributed by atoms with Gasteiger partial charge < -0.3 is 20.7 Å². The van der Waals surface area contributed by atoms with Crippen molar-refractivity contribution in [3.05, 3.63) is 76.1 Å². The van der Waals surface area contributed by atoms with Crippen LogP contribution in [0.15, 0.2) is 48.3 Å². The van der Waals surface area contributed by atoms with Crippen LogP contribution in [-0.4, -0.2) is 46.0 Å². The summed E-state index contributed by atoms with van der Waals surface area (Å²) in [6.45, 7) is -0.560. The molecule has 1 fully saturated rings. The number of aromatic nitrogens is 1. The summed E-state index contributed by atoms with van der Waals surface area (Å²) in [5.74, 6) is -4.07. The quantitative estimate of drug-likeness (QED) is 0.325. The Kier molecular flexibility index (Phi) is 6.12. The van der Waals surface area contributed by atoms with Crippen LogP contribution in [-0.2, 0) is 9.59 Å². The minimum atomic E-state index is -1.59. The maximum Gasteiger partial charge on any atom is 0.330 e. The van der Waals surface area contributed by atoms with E-state index in [1.54, 1.807) is 24.4 Å². The monoisotopic (exact) mass is 474 g/mol. The Labute approximate surface area is 190 Å². The maximum absolute atomic E-state index is 13.9. The number of amides is 4. The molecule has 0 radical (unpaired) electrons. The summed E-state index contributed by atoms with van der Waals surface area (Å²) in [6, 6.07) is 5.25. The fourth-order valence-corrected chi connectivity index (χ4v) is 3.73. The minimum absolute atomic E-state index is 0.113. The number of halogens is 3. The Morgan fingerprint density at radius 2 is 1.97 bits per heavy atom. The van der Waals surface area contributed by atoms with Crippen molar-refractivity contribution in [2.75, 3.05) is 13.2 Å². The van der Waals surface area contributed by atoms with Gasteiger partial charge in [-0.3, -0.25) is 9.59 Å². The third-order valence-electron chi connectivity index (χ3n) is 5.06. The molecule has 1 aliphatic heterocycles.